The summed E-state index contributed by atoms with van der Waals surface area (Å²) in [5.41, 5.74) is 3.47. The predicted octanol–water partition coefficient (Wildman–Crippen LogP) is 4.15. The highest BCUT2D eigenvalue weighted by Crippen LogP contribution is 2.19. The highest BCUT2D eigenvalue weighted by atomic mass is 35.5. The number of halogens is 1. The lowest BCUT2D eigenvalue weighted by atomic mass is 10.1. The number of hydrogen-bond donors (Lipinski definition) is 1. The van der Waals surface area contributed by atoms with Gasteiger partial charge >= 0.3 is 5.97 Å². The van der Waals surface area contributed by atoms with Crippen molar-refractivity contribution in [3.63, 3.8) is 0 Å². The molecule has 5 heteroatoms. The monoisotopic (exact) mass is 343 g/mol. The lowest BCUT2D eigenvalue weighted by Gasteiger charge is -2.08. The first-order valence-electron chi connectivity index (χ1n) is 7.41. The van der Waals surface area contributed by atoms with Gasteiger partial charge in [-0.2, -0.15) is 0 Å². The van der Waals surface area contributed by atoms with E-state index in [4.69, 9.17) is 16.3 Å². The summed E-state index contributed by atoms with van der Waals surface area (Å²) >= 11 is 5.86. The molecule has 0 radical (unpaired) electrons. The number of carbonyl (C=O) groups is 2. The number of ether oxygens (including phenoxy) is 1. The Morgan fingerprint density at radius 3 is 2.67 bits per heavy atom. The molecule has 0 aliphatic carbocycles. The van der Waals surface area contributed by atoms with E-state index in [1.54, 1.807) is 24.3 Å². The Hall–Kier alpha value is -2.59. The van der Waals surface area contributed by atoms with Gasteiger partial charge < -0.3 is 10.1 Å². The van der Waals surface area contributed by atoms with Crippen molar-refractivity contribution in [2.24, 2.45) is 0 Å². The molecule has 2 rings (SSSR count). The second-order valence-corrected chi connectivity index (χ2v) is 5.80. The molecule has 0 spiro atoms. The molecule has 0 fully saturated rings. The molecule has 0 heterocycles. The average molecular weight is 344 g/mol. The molecule has 2 aromatic carbocycles. The number of benzene rings is 2. The van der Waals surface area contributed by atoms with Crippen LogP contribution in [0.5, 0.6) is 0 Å². The Labute approximate surface area is 146 Å². The van der Waals surface area contributed by atoms with Crippen LogP contribution in [0.25, 0.3) is 6.08 Å². The molecule has 24 heavy (non-hydrogen) atoms. The highest BCUT2D eigenvalue weighted by Gasteiger charge is 2.07. The molecular formula is C19H18ClNO3. The van der Waals surface area contributed by atoms with Crippen LogP contribution < -0.4 is 5.32 Å². The quantitative estimate of drug-likeness (QED) is 0.655. The van der Waals surface area contributed by atoms with Crippen molar-refractivity contribution in [3.05, 3.63) is 70.3 Å². The first-order valence-corrected chi connectivity index (χ1v) is 7.79. The van der Waals surface area contributed by atoms with Crippen LogP contribution >= 0.6 is 11.6 Å². The number of rotatable bonds is 5. The topological polar surface area (TPSA) is 55.4 Å². The number of hydrogen-bond acceptors (Lipinski definition) is 3. The molecule has 0 aliphatic rings. The van der Waals surface area contributed by atoms with Crippen LogP contribution in [0.1, 0.15) is 16.7 Å². The molecule has 2 aromatic rings. The largest absolute Gasteiger partial charge is 0.452 e. The van der Waals surface area contributed by atoms with Gasteiger partial charge in [0.2, 0.25) is 0 Å². The van der Waals surface area contributed by atoms with Crippen molar-refractivity contribution in [2.75, 3.05) is 11.9 Å². The molecule has 0 saturated carbocycles. The van der Waals surface area contributed by atoms with E-state index in [1.807, 2.05) is 38.1 Å². The van der Waals surface area contributed by atoms with Crippen LogP contribution in [0.3, 0.4) is 0 Å². The van der Waals surface area contributed by atoms with Crippen LogP contribution in [0.15, 0.2) is 48.5 Å². The highest BCUT2D eigenvalue weighted by molar-refractivity contribution is 6.30. The third-order valence-electron chi connectivity index (χ3n) is 3.26. The van der Waals surface area contributed by atoms with Gasteiger partial charge in [0.25, 0.3) is 5.91 Å². The number of nitrogens with one attached hydrogen (secondary N) is 1. The summed E-state index contributed by atoms with van der Waals surface area (Å²) in [4.78, 5) is 23.5. The summed E-state index contributed by atoms with van der Waals surface area (Å²) in [7, 11) is 0. The van der Waals surface area contributed by atoms with Crippen molar-refractivity contribution in [2.45, 2.75) is 13.8 Å². The van der Waals surface area contributed by atoms with E-state index in [0.717, 1.165) is 16.7 Å². The van der Waals surface area contributed by atoms with E-state index in [9.17, 15) is 9.59 Å². The van der Waals surface area contributed by atoms with Crippen LogP contribution in [0, 0.1) is 13.8 Å². The normalized spacial score (nSPS) is 10.6. The standard InChI is InChI=1S/C19H18ClNO3/c1-13-4-3-5-15(10-13)6-9-19(23)24-12-18(22)21-17-8-7-16(20)11-14(17)2/h3-11H,12H2,1-2H3,(H,21,22)/b9-6+. The molecule has 0 unspecified atom stereocenters. The summed E-state index contributed by atoms with van der Waals surface area (Å²) in [5.74, 6) is -0.975. The Morgan fingerprint density at radius 1 is 1.17 bits per heavy atom. The molecule has 124 valence electrons. The summed E-state index contributed by atoms with van der Waals surface area (Å²) in [6.45, 7) is 3.45. The maximum Gasteiger partial charge on any atom is 0.331 e. The Balaban J connectivity index is 1.83. The fourth-order valence-electron chi connectivity index (χ4n) is 2.08. The molecule has 1 N–H and O–H groups in total. The average Bonchev–Trinajstić information content (AvgIpc) is 2.54. The molecule has 1 amide bonds. The van der Waals surface area contributed by atoms with Gasteiger partial charge in [-0.3, -0.25) is 4.79 Å². The zero-order valence-electron chi connectivity index (χ0n) is 13.5. The summed E-state index contributed by atoms with van der Waals surface area (Å²) in [6, 6.07) is 12.8. The SMILES string of the molecule is Cc1cccc(/C=C/C(=O)OCC(=O)Nc2ccc(Cl)cc2C)c1. The maximum absolute atomic E-state index is 11.8. The second kappa shape index (κ2) is 8.31. The lowest BCUT2D eigenvalue weighted by molar-refractivity contribution is -0.142. The van der Waals surface area contributed by atoms with Gasteiger partial charge in [-0.05, 0) is 49.2 Å². The van der Waals surface area contributed by atoms with Gasteiger partial charge in [0.15, 0.2) is 6.61 Å². The minimum Gasteiger partial charge on any atom is -0.452 e. The summed E-state index contributed by atoms with van der Waals surface area (Å²) < 4.78 is 4.93. The van der Waals surface area contributed by atoms with E-state index in [0.29, 0.717) is 10.7 Å². The number of esters is 1. The van der Waals surface area contributed by atoms with Crippen LogP contribution in [-0.2, 0) is 14.3 Å². The second-order valence-electron chi connectivity index (χ2n) is 5.36. The summed E-state index contributed by atoms with van der Waals surface area (Å²) in [6.07, 6.45) is 2.95. The van der Waals surface area contributed by atoms with Crippen molar-refractivity contribution in [1.82, 2.24) is 0 Å². The van der Waals surface area contributed by atoms with Crippen molar-refractivity contribution in [1.29, 1.82) is 0 Å². The molecular weight excluding hydrogens is 326 g/mol. The molecule has 0 aromatic heterocycles. The first-order chi connectivity index (χ1) is 11.4. The van der Waals surface area contributed by atoms with Gasteiger partial charge in [-0.15, -0.1) is 0 Å². The smallest absolute Gasteiger partial charge is 0.331 e. The van der Waals surface area contributed by atoms with E-state index in [2.05, 4.69) is 5.32 Å². The van der Waals surface area contributed by atoms with Crippen molar-refractivity contribution < 1.29 is 14.3 Å². The molecule has 4 nitrogen and oxygen atoms in total. The third kappa shape index (κ3) is 5.56. The van der Waals surface area contributed by atoms with Crippen molar-refractivity contribution >= 4 is 35.2 Å². The maximum atomic E-state index is 11.8. The molecule has 0 atom stereocenters. The van der Waals surface area contributed by atoms with E-state index >= 15 is 0 Å². The third-order valence-corrected chi connectivity index (χ3v) is 3.50. The van der Waals surface area contributed by atoms with Gasteiger partial charge in [-0.1, -0.05) is 41.4 Å². The van der Waals surface area contributed by atoms with E-state index < -0.39 is 11.9 Å². The van der Waals surface area contributed by atoms with E-state index in [-0.39, 0.29) is 6.61 Å². The fourth-order valence-corrected chi connectivity index (χ4v) is 2.30. The van der Waals surface area contributed by atoms with Gasteiger partial charge in [-0.25, -0.2) is 4.79 Å². The lowest BCUT2D eigenvalue weighted by Crippen LogP contribution is -2.20. The number of amides is 1. The molecule has 0 bridgehead atoms. The minimum atomic E-state index is -0.570. The molecule has 0 saturated heterocycles. The number of carbonyl (C=O) groups excluding carboxylic acids is 2. The van der Waals surface area contributed by atoms with Crippen LogP contribution in [-0.4, -0.2) is 18.5 Å². The van der Waals surface area contributed by atoms with Crippen molar-refractivity contribution in [3.8, 4) is 0 Å². The van der Waals surface area contributed by atoms with Crippen LogP contribution in [0.4, 0.5) is 5.69 Å². The zero-order valence-corrected chi connectivity index (χ0v) is 14.3. The fraction of sp³-hybridized carbons (Fsp3) is 0.158. The van der Waals surface area contributed by atoms with Gasteiger partial charge in [0, 0.05) is 16.8 Å². The minimum absolute atomic E-state index is 0.348. The number of anilines is 1. The predicted molar refractivity (Wildman–Crippen MR) is 96.0 cm³/mol. The Morgan fingerprint density at radius 2 is 1.96 bits per heavy atom. The van der Waals surface area contributed by atoms with Crippen LogP contribution in [0.2, 0.25) is 5.02 Å². The Bertz CT molecular complexity index is 784. The zero-order chi connectivity index (χ0) is 17.5. The van der Waals surface area contributed by atoms with Gasteiger partial charge in [0.1, 0.15) is 0 Å². The van der Waals surface area contributed by atoms with E-state index in [1.165, 1.54) is 6.08 Å². The molecule has 0 aliphatic heterocycles. The number of aryl methyl sites for hydroxylation is 2. The summed E-state index contributed by atoms with van der Waals surface area (Å²) in [5, 5.41) is 3.27. The van der Waals surface area contributed by atoms with Gasteiger partial charge in [0.05, 0.1) is 0 Å². The first kappa shape index (κ1) is 17.8. The Kier molecular flexibility index (Phi) is 6.15.